The second-order valence-corrected chi connectivity index (χ2v) is 8.58. The van der Waals surface area contributed by atoms with E-state index < -0.39 is 35.6 Å². The third-order valence-electron chi connectivity index (χ3n) is 6.61. The molecule has 5 atom stereocenters. The summed E-state index contributed by atoms with van der Waals surface area (Å²) in [7, 11) is 0. The lowest BCUT2D eigenvalue weighted by molar-refractivity contribution is -0.151. The normalized spacial score (nSPS) is 32.7. The van der Waals surface area contributed by atoms with Crippen molar-refractivity contribution < 1.29 is 29.3 Å². The SMILES string of the molecule is C=CCN(C(=O)C1N(CCCCCO)C(=O)[C@@H]2[C@@H](C(=O)O)[C@H]3CCC12O3)C(C)C. The zero-order valence-electron chi connectivity index (χ0n) is 17.2. The molecule has 2 bridgehead atoms. The number of hydrogen-bond acceptors (Lipinski definition) is 5. The molecule has 0 saturated carbocycles. The molecule has 8 heteroatoms. The van der Waals surface area contributed by atoms with Crippen molar-refractivity contribution in [2.45, 2.75) is 69.7 Å². The number of aliphatic carboxylic acids is 1. The number of carboxylic acid groups (broad SMARTS) is 1. The largest absolute Gasteiger partial charge is 0.481 e. The predicted octanol–water partition coefficient (Wildman–Crippen LogP) is 1.03. The first-order valence-corrected chi connectivity index (χ1v) is 10.5. The number of carbonyl (C=O) groups excluding carboxylic acids is 2. The van der Waals surface area contributed by atoms with E-state index in [-0.39, 0.29) is 24.5 Å². The Morgan fingerprint density at radius 2 is 2.10 bits per heavy atom. The van der Waals surface area contributed by atoms with Crippen LogP contribution in [0.3, 0.4) is 0 Å². The number of nitrogens with zero attached hydrogens (tertiary/aromatic N) is 2. The maximum Gasteiger partial charge on any atom is 0.310 e. The standard InChI is InChI=1S/C21H32N2O6/c1-4-10-22(13(2)3)19(26)17-21-9-8-14(29-21)15(20(27)28)16(21)18(25)23(17)11-6-5-7-12-24/h4,13-17,24H,1,5-12H2,2-3H3,(H,27,28)/t14-,15+,16+,17?,21?/m1/s1. The van der Waals surface area contributed by atoms with Crippen molar-refractivity contribution in [1.82, 2.24) is 9.80 Å². The molecule has 0 aromatic carbocycles. The van der Waals surface area contributed by atoms with Gasteiger partial charge in [-0.3, -0.25) is 14.4 Å². The Bertz CT molecular complexity index is 680. The Hall–Kier alpha value is -1.93. The van der Waals surface area contributed by atoms with Gasteiger partial charge >= 0.3 is 5.97 Å². The van der Waals surface area contributed by atoms with E-state index in [1.807, 2.05) is 13.8 Å². The van der Waals surface area contributed by atoms with Gasteiger partial charge in [0.25, 0.3) is 0 Å². The van der Waals surface area contributed by atoms with Gasteiger partial charge in [-0.1, -0.05) is 6.08 Å². The van der Waals surface area contributed by atoms with E-state index in [1.165, 1.54) is 0 Å². The fraction of sp³-hybridized carbons (Fsp3) is 0.762. The van der Waals surface area contributed by atoms with Crippen molar-refractivity contribution in [2.24, 2.45) is 11.8 Å². The number of carbonyl (C=O) groups is 3. The summed E-state index contributed by atoms with van der Waals surface area (Å²) in [6, 6.07) is -0.901. The fourth-order valence-electron chi connectivity index (χ4n) is 5.38. The van der Waals surface area contributed by atoms with E-state index in [0.717, 1.165) is 6.42 Å². The van der Waals surface area contributed by atoms with Crippen LogP contribution < -0.4 is 0 Å². The van der Waals surface area contributed by atoms with Gasteiger partial charge in [-0.25, -0.2) is 0 Å². The molecule has 0 aliphatic carbocycles. The van der Waals surface area contributed by atoms with Crippen molar-refractivity contribution in [3.05, 3.63) is 12.7 Å². The summed E-state index contributed by atoms with van der Waals surface area (Å²) in [5, 5.41) is 18.8. The summed E-state index contributed by atoms with van der Waals surface area (Å²) >= 11 is 0. The molecule has 3 heterocycles. The number of rotatable bonds is 10. The molecule has 3 aliphatic heterocycles. The van der Waals surface area contributed by atoms with Crippen LogP contribution in [0.5, 0.6) is 0 Å². The summed E-state index contributed by atoms with van der Waals surface area (Å²) in [5.41, 5.74) is -1.06. The van der Waals surface area contributed by atoms with Crippen molar-refractivity contribution in [3.8, 4) is 0 Å². The highest BCUT2D eigenvalue weighted by atomic mass is 16.5. The Balaban J connectivity index is 1.96. The van der Waals surface area contributed by atoms with Crippen LogP contribution >= 0.6 is 0 Å². The highest BCUT2D eigenvalue weighted by Gasteiger charge is 2.74. The van der Waals surface area contributed by atoms with Gasteiger partial charge in [0.1, 0.15) is 11.6 Å². The topological polar surface area (TPSA) is 107 Å². The Labute approximate surface area is 171 Å². The molecule has 3 fully saturated rings. The maximum absolute atomic E-state index is 13.6. The zero-order chi connectivity index (χ0) is 21.3. The van der Waals surface area contributed by atoms with Crippen LogP contribution in [-0.4, -0.2) is 81.3 Å². The van der Waals surface area contributed by atoms with Crippen LogP contribution in [0.4, 0.5) is 0 Å². The van der Waals surface area contributed by atoms with Crippen LogP contribution in [0, 0.1) is 11.8 Å². The Morgan fingerprint density at radius 3 is 2.69 bits per heavy atom. The summed E-state index contributed by atoms with van der Waals surface area (Å²) in [4.78, 5) is 42.1. The number of likely N-dealkylation sites (tertiary alicyclic amines) is 1. The Kier molecular flexibility index (Phi) is 6.33. The lowest BCUT2D eigenvalue weighted by atomic mass is 9.70. The van der Waals surface area contributed by atoms with Gasteiger partial charge in [0.15, 0.2) is 0 Å². The molecule has 29 heavy (non-hydrogen) atoms. The van der Waals surface area contributed by atoms with Gasteiger partial charge in [-0.15, -0.1) is 6.58 Å². The molecule has 0 radical (unpaired) electrons. The highest BCUT2D eigenvalue weighted by molar-refractivity contribution is 5.98. The Morgan fingerprint density at radius 1 is 1.38 bits per heavy atom. The first kappa shape index (κ1) is 21.8. The lowest BCUT2D eigenvalue weighted by Gasteiger charge is -2.38. The van der Waals surface area contributed by atoms with Crippen molar-refractivity contribution in [3.63, 3.8) is 0 Å². The lowest BCUT2D eigenvalue weighted by Crippen LogP contribution is -2.57. The number of carboxylic acids is 1. The van der Waals surface area contributed by atoms with E-state index in [1.54, 1.807) is 15.9 Å². The third kappa shape index (κ3) is 3.46. The summed E-state index contributed by atoms with van der Waals surface area (Å²) < 4.78 is 6.17. The third-order valence-corrected chi connectivity index (χ3v) is 6.61. The second-order valence-electron chi connectivity index (χ2n) is 8.58. The smallest absolute Gasteiger partial charge is 0.310 e. The summed E-state index contributed by atoms with van der Waals surface area (Å²) in [6.07, 6.45) is 4.20. The minimum Gasteiger partial charge on any atom is -0.481 e. The van der Waals surface area contributed by atoms with E-state index in [4.69, 9.17) is 9.84 Å². The van der Waals surface area contributed by atoms with E-state index >= 15 is 0 Å². The molecule has 3 rings (SSSR count). The van der Waals surface area contributed by atoms with E-state index in [9.17, 15) is 19.5 Å². The second kappa shape index (κ2) is 8.44. The van der Waals surface area contributed by atoms with Crippen LogP contribution in [0.25, 0.3) is 0 Å². The maximum atomic E-state index is 13.6. The van der Waals surface area contributed by atoms with Gasteiger partial charge in [0.05, 0.1) is 17.9 Å². The summed E-state index contributed by atoms with van der Waals surface area (Å²) in [6.45, 7) is 8.34. The summed E-state index contributed by atoms with van der Waals surface area (Å²) in [5.74, 6) is -3.24. The number of aliphatic hydroxyl groups excluding tert-OH is 1. The first-order chi connectivity index (χ1) is 13.8. The van der Waals surface area contributed by atoms with E-state index in [2.05, 4.69) is 6.58 Å². The van der Waals surface area contributed by atoms with Crippen LogP contribution in [0.1, 0.15) is 46.0 Å². The molecule has 0 aromatic heterocycles. The van der Waals surface area contributed by atoms with Crippen molar-refractivity contribution in [2.75, 3.05) is 19.7 Å². The number of fused-ring (bicyclic) bond motifs is 1. The number of ether oxygens (including phenoxy) is 1. The highest BCUT2D eigenvalue weighted by Crippen LogP contribution is 2.58. The molecular weight excluding hydrogens is 376 g/mol. The quantitative estimate of drug-likeness (QED) is 0.413. The molecule has 1 spiro atoms. The van der Waals surface area contributed by atoms with Crippen molar-refractivity contribution in [1.29, 1.82) is 0 Å². The molecule has 2 unspecified atom stereocenters. The fourth-order valence-corrected chi connectivity index (χ4v) is 5.38. The molecule has 2 amide bonds. The van der Waals surface area contributed by atoms with Gasteiger partial charge in [-0.2, -0.15) is 0 Å². The van der Waals surface area contributed by atoms with Crippen LogP contribution in [-0.2, 0) is 19.1 Å². The van der Waals surface area contributed by atoms with E-state index in [0.29, 0.717) is 38.8 Å². The molecule has 8 nitrogen and oxygen atoms in total. The number of aliphatic hydroxyl groups is 1. The molecule has 0 aromatic rings. The van der Waals surface area contributed by atoms with Gasteiger partial charge in [-0.05, 0) is 46.0 Å². The molecule has 162 valence electrons. The number of amides is 2. The van der Waals surface area contributed by atoms with Gasteiger partial charge in [0.2, 0.25) is 11.8 Å². The monoisotopic (exact) mass is 408 g/mol. The molecule has 2 N–H and O–H groups in total. The van der Waals surface area contributed by atoms with Gasteiger partial charge < -0.3 is 24.7 Å². The minimum absolute atomic E-state index is 0.0786. The minimum atomic E-state index is -1.06. The van der Waals surface area contributed by atoms with Gasteiger partial charge in [0, 0.05) is 25.7 Å². The van der Waals surface area contributed by atoms with Crippen molar-refractivity contribution >= 4 is 17.8 Å². The predicted molar refractivity (Wildman–Crippen MR) is 105 cm³/mol. The average Bonchev–Trinajstić information content (AvgIpc) is 3.30. The molecule has 3 saturated heterocycles. The molecular formula is C21H32N2O6. The molecule has 3 aliphatic rings. The number of unbranched alkanes of at least 4 members (excludes halogenated alkanes) is 2. The number of hydrogen-bond donors (Lipinski definition) is 2. The first-order valence-electron chi connectivity index (χ1n) is 10.5. The van der Waals surface area contributed by atoms with Crippen LogP contribution in [0.15, 0.2) is 12.7 Å². The average molecular weight is 408 g/mol. The zero-order valence-corrected chi connectivity index (χ0v) is 17.2. The van der Waals surface area contributed by atoms with Crippen LogP contribution in [0.2, 0.25) is 0 Å².